The number of carbonyl (C=O) groups excluding carboxylic acids is 3. The Hall–Kier alpha value is -2.61. The Morgan fingerprint density at radius 3 is 2.70 bits per heavy atom. The van der Waals surface area contributed by atoms with Crippen molar-refractivity contribution in [1.82, 2.24) is 19.7 Å². The standard InChI is InChI=1S/C25H32N4O4/c1-15(31)25-19-7-8-26-12-22(19)28(27-25)13-24(33)29-20-9-17(20)10-21(29)23(32)11-18(14-30)16-5-3-2-4-6-16/h7-8,12,16-18,20-21,30H,2-6,9-11,13-14H2,1H3/t17-,18-,20-,21+/m1/s1. The molecule has 0 bridgehead atoms. The molecule has 3 fully saturated rings. The molecule has 1 saturated heterocycles. The van der Waals surface area contributed by atoms with Crippen molar-refractivity contribution in [3.8, 4) is 0 Å². The van der Waals surface area contributed by atoms with E-state index in [1.165, 1.54) is 30.9 Å². The lowest BCUT2D eigenvalue weighted by Crippen LogP contribution is -2.45. The predicted octanol–water partition coefficient (Wildman–Crippen LogP) is 2.77. The first-order valence-electron chi connectivity index (χ1n) is 12.2. The second-order valence-corrected chi connectivity index (χ2v) is 10.1. The first-order chi connectivity index (χ1) is 16.0. The first kappa shape index (κ1) is 22.2. The molecule has 2 aromatic rings. The lowest BCUT2D eigenvalue weighted by Gasteiger charge is -2.31. The van der Waals surface area contributed by atoms with E-state index in [0.717, 1.165) is 25.7 Å². The molecule has 176 valence electrons. The van der Waals surface area contributed by atoms with E-state index in [4.69, 9.17) is 0 Å². The molecule has 4 atom stereocenters. The van der Waals surface area contributed by atoms with Gasteiger partial charge in [0.15, 0.2) is 11.6 Å². The van der Waals surface area contributed by atoms with Crippen LogP contribution in [0.2, 0.25) is 0 Å². The lowest BCUT2D eigenvalue weighted by molar-refractivity contribution is -0.140. The number of rotatable bonds is 8. The second kappa shape index (κ2) is 8.97. The van der Waals surface area contributed by atoms with Crippen molar-refractivity contribution in [3.63, 3.8) is 0 Å². The molecule has 0 aromatic carbocycles. The van der Waals surface area contributed by atoms with E-state index < -0.39 is 6.04 Å². The molecule has 3 heterocycles. The zero-order valence-corrected chi connectivity index (χ0v) is 19.2. The molecular weight excluding hydrogens is 420 g/mol. The van der Waals surface area contributed by atoms with Crippen LogP contribution in [-0.2, 0) is 16.1 Å². The van der Waals surface area contributed by atoms with Crippen molar-refractivity contribution >= 4 is 28.4 Å². The molecule has 0 radical (unpaired) electrons. The minimum Gasteiger partial charge on any atom is -0.396 e. The quantitative estimate of drug-likeness (QED) is 0.618. The highest BCUT2D eigenvalue weighted by Gasteiger charge is 2.55. The normalized spacial score (nSPS) is 25.8. The van der Waals surface area contributed by atoms with Gasteiger partial charge in [0.1, 0.15) is 12.2 Å². The predicted molar refractivity (Wildman–Crippen MR) is 121 cm³/mol. The Balaban J connectivity index is 1.32. The number of hydrogen-bond acceptors (Lipinski definition) is 6. The fourth-order valence-corrected chi connectivity index (χ4v) is 6.09. The van der Waals surface area contributed by atoms with Crippen LogP contribution >= 0.6 is 0 Å². The third kappa shape index (κ3) is 4.21. The van der Waals surface area contributed by atoms with E-state index in [2.05, 4.69) is 10.1 Å². The van der Waals surface area contributed by atoms with Gasteiger partial charge in [-0.1, -0.05) is 32.1 Å². The van der Waals surface area contributed by atoms with E-state index in [1.54, 1.807) is 23.4 Å². The van der Waals surface area contributed by atoms with Crippen LogP contribution in [0.3, 0.4) is 0 Å². The number of aliphatic hydroxyl groups is 1. The summed E-state index contributed by atoms with van der Waals surface area (Å²) in [7, 11) is 0. The molecule has 8 nitrogen and oxygen atoms in total. The average Bonchev–Trinajstić information content (AvgIpc) is 3.33. The molecule has 2 aromatic heterocycles. The van der Waals surface area contributed by atoms with E-state index in [-0.39, 0.29) is 42.6 Å². The van der Waals surface area contributed by atoms with Gasteiger partial charge in [-0.05, 0) is 36.7 Å². The highest BCUT2D eigenvalue weighted by molar-refractivity contribution is 6.04. The molecule has 3 aliphatic rings. The van der Waals surface area contributed by atoms with Crippen LogP contribution < -0.4 is 0 Å². The van der Waals surface area contributed by atoms with Gasteiger partial charge in [-0.15, -0.1) is 0 Å². The van der Waals surface area contributed by atoms with Crippen molar-refractivity contribution in [2.75, 3.05) is 6.61 Å². The molecule has 0 unspecified atom stereocenters. The van der Waals surface area contributed by atoms with Crippen LogP contribution in [-0.4, -0.2) is 60.9 Å². The summed E-state index contributed by atoms with van der Waals surface area (Å²) in [4.78, 5) is 44.6. The number of pyridine rings is 1. The zero-order chi connectivity index (χ0) is 23.1. The molecule has 0 spiro atoms. The fourth-order valence-electron chi connectivity index (χ4n) is 6.09. The highest BCUT2D eigenvalue weighted by Crippen LogP contribution is 2.48. The van der Waals surface area contributed by atoms with Crippen molar-refractivity contribution in [3.05, 3.63) is 24.2 Å². The Bertz CT molecular complexity index is 1070. The number of piperidine rings is 1. The van der Waals surface area contributed by atoms with Crippen LogP contribution in [0.1, 0.15) is 68.8 Å². The number of likely N-dealkylation sites (tertiary alicyclic amines) is 1. The lowest BCUT2D eigenvalue weighted by atomic mass is 9.77. The molecule has 33 heavy (non-hydrogen) atoms. The van der Waals surface area contributed by atoms with Gasteiger partial charge >= 0.3 is 0 Å². The molecule has 5 rings (SSSR count). The fraction of sp³-hybridized carbons (Fsp3) is 0.640. The van der Waals surface area contributed by atoms with E-state index in [0.29, 0.717) is 34.9 Å². The summed E-state index contributed by atoms with van der Waals surface area (Å²) in [5.41, 5.74) is 0.972. The number of fused-ring (bicyclic) bond motifs is 2. The molecular formula is C25H32N4O4. The van der Waals surface area contributed by atoms with E-state index in [9.17, 15) is 19.5 Å². The van der Waals surface area contributed by atoms with Crippen LogP contribution in [0.5, 0.6) is 0 Å². The first-order valence-corrected chi connectivity index (χ1v) is 12.2. The van der Waals surface area contributed by atoms with Gasteiger partial charge in [0.2, 0.25) is 5.91 Å². The molecule has 1 amide bonds. The van der Waals surface area contributed by atoms with E-state index >= 15 is 0 Å². The monoisotopic (exact) mass is 452 g/mol. The Labute approximate surface area is 193 Å². The number of nitrogens with zero attached hydrogens (tertiary/aromatic N) is 4. The number of ketones is 2. The number of aromatic nitrogens is 3. The maximum atomic E-state index is 13.4. The Kier molecular flexibility index (Phi) is 6.03. The van der Waals surface area contributed by atoms with Crippen molar-refractivity contribution in [2.24, 2.45) is 17.8 Å². The SMILES string of the molecule is CC(=O)c1nn(CC(=O)N2[C@@H]3C[C@@H]3C[C@H]2C(=O)C[C@H](CO)C2CCCCC2)c2cnccc12. The molecule has 2 saturated carbocycles. The molecule has 8 heteroatoms. The number of hydrogen-bond donors (Lipinski definition) is 1. The number of aliphatic hydroxyl groups excluding tert-OH is 1. The number of carbonyl (C=O) groups is 3. The van der Waals surface area contributed by atoms with Gasteiger partial charge in [-0.25, -0.2) is 0 Å². The second-order valence-electron chi connectivity index (χ2n) is 10.1. The van der Waals surface area contributed by atoms with E-state index in [1.807, 2.05) is 0 Å². The third-order valence-electron chi connectivity index (χ3n) is 7.95. The summed E-state index contributed by atoms with van der Waals surface area (Å²) in [5, 5.41) is 15.0. The maximum absolute atomic E-state index is 13.4. The summed E-state index contributed by atoms with van der Waals surface area (Å²) in [6, 6.07) is 1.45. The van der Waals surface area contributed by atoms with Crippen molar-refractivity contribution < 1.29 is 19.5 Å². The smallest absolute Gasteiger partial charge is 0.245 e. The van der Waals surface area contributed by atoms with Gasteiger partial charge in [-0.2, -0.15) is 5.10 Å². The van der Waals surface area contributed by atoms with Gasteiger partial charge in [-0.3, -0.25) is 24.0 Å². The summed E-state index contributed by atoms with van der Waals surface area (Å²) >= 11 is 0. The van der Waals surface area contributed by atoms with Crippen LogP contribution in [0.15, 0.2) is 18.5 Å². The summed E-state index contributed by atoms with van der Waals surface area (Å²) in [6.07, 6.45) is 11.0. The van der Waals surface area contributed by atoms with Gasteiger partial charge in [0.25, 0.3) is 0 Å². The topological polar surface area (TPSA) is 105 Å². The molecule has 1 N–H and O–H groups in total. The maximum Gasteiger partial charge on any atom is 0.245 e. The van der Waals surface area contributed by atoms with Crippen LogP contribution in [0.25, 0.3) is 10.9 Å². The average molecular weight is 453 g/mol. The Morgan fingerprint density at radius 2 is 1.97 bits per heavy atom. The highest BCUT2D eigenvalue weighted by atomic mass is 16.3. The minimum atomic E-state index is -0.411. The molecule has 1 aliphatic heterocycles. The van der Waals surface area contributed by atoms with Gasteiger partial charge in [0.05, 0.1) is 17.8 Å². The number of Topliss-reactive ketones (excluding diaryl/α,β-unsaturated/α-hetero) is 2. The van der Waals surface area contributed by atoms with Crippen LogP contribution in [0.4, 0.5) is 0 Å². The van der Waals surface area contributed by atoms with Crippen molar-refractivity contribution in [1.29, 1.82) is 0 Å². The van der Waals surface area contributed by atoms with Gasteiger partial charge in [0, 0.05) is 37.6 Å². The minimum absolute atomic E-state index is 0.00839. The zero-order valence-electron chi connectivity index (χ0n) is 19.2. The third-order valence-corrected chi connectivity index (χ3v) is 7.95. The summed E-state index contributed by atoms with van der Waals surface area (Å²) in [5.74, 6) is 0.573. The van der Waals surface area contributed by atoms with Crippen molar-refractivity contribution in [2.45, 2.75) is 76.9 Å². The van der Waals surface area contributed by atoms with Crippen LogP contribution in [0, 0.1) is 17.8 Å². The van der Waals surface area contributed by atoms with Gasteiger partial charge < -0.3 is 10.0 Å². The number of amides is 1. The Morgan fingerprint density at radius 1 is 1.18 bits per heavy atom. The largest absolute Gasteiger partial charge is 0.396 e. The summed E-state index contributed by atoms with van der Waals surface area (Å²) < 4.78 is 1.54. The molecule has 2 aliphatic carbocycles. The summed E-state index contributed by atoms with van der Waals surface area (Å²) in [6.45, 7) is 1.47.